The molecule has 0 amide bonds. The van der Waals surface area contributed by atoms with E-state index in [9.17, 15) is 9.90 Å². The van der Waals surface area contributed by atoms with Crippen molar-refractivity contribution in [1.29, 1.82) is 0 Å². The lowest BCUT2D eigenvalue weighted by molar-refractivity contribution is -0.143. The first-order valence-electron chi connectivity index (χ1n) is 8.44. The van der Waals surface area contributed by atoms with Gasteiger partial charge >= 0.3 is 5.97 Å². The summed E-state index contributed by atoms with van der Waals surface area (Å²) in [6.07, 6.45) is 3.45. The first kappa shape index (κ1) is 18.3. The minimum atomic E-state index is -0.678. The van der Waals surface area contributed by atoms with E-state index in [2.05, 4.69) is 41.5 Å². The number of halogens is 1. The number of aliphatic carboxylic acids is 1. The van der Waals surface area contributed by atoms with E-state index in [0.717, 1.165) is 23.7 Å². The largest absolute Gasteiger partial charge is 0.481 e. The van der Waals surface area contributed by atoms with Crippen LogP contribution in [0.1, 0.15) is 30.0 Å². The molecule has 1 aliphatic heterocycles. The molecule has 1 heterocycles. The number of carboxylic acids is 1. The van der Waals surface area contributed by atoms with E-state index in [1.165, 1.54) is 10.5 Å². The summed E-state index contributed by atoms with van der Waals surface area (Å²) in [5.74, 6) is -0.904. The standard InChI is InChI=1S/C20H22ClNO2S/c1-25-18-7-5-14(6-8-18)19(16-3-2-4-17(21)13-16)22-11-9-15(10-12-22)20(23)24/h2-8,13,15,19H,9-12H2,1H3,(H,23,24). The molecular weight excluding hydrogens is 354 g/mol. The Kier molecular flexibility index (Phi) is 6.05. The number of carbonyl (C=O) groups is 1. The van der Waals surface area contributed by atoms with Gasteiger partial charge in [-0.25, -0.2) is 0 Å². The van der Waals surface area contributed by atoms with Gasteiger partial charge in [-0.05, 0) is 67.6 Å². The topological polar surface area (TPSA) is 40.5 Å². The lowest BCUT2D eigenvalue weighted by Crippen LogP contribution is -2.39. The van der Waals surface area contributed by atoms with Gasteiger partial charge in [-0.15, -0.1) is 11.8 Å². The summed E-state index contributed by atoms with van der Waals surface area (Å²) >= 11 is 7.95. The van der Waals surface area contributed by atoms with Crippen LogP contribution in [-0.4, -0.2) is 35.3 Å². The van der Waals surface area contributed by atoms with Crippen molar-refractivity contribution in [2.24, 2.45) is 5.92 Å². The average molecular weight is 376 g/mol. The number of nitrogens with zero attached hydrogens (tertiary/aromatic N) is 1. The van der Waals surface area contributed by atoms with Crippen LogP contribution in [0, 0.1) is 5.92 Å². The minimum Gasteiger partial charge on any atom is -0.481 e. The van der Waals surface area contributed by atoms with Gasteiger partial charge in [0.1, 0.15) is 0 Å². The molecule has 2 aromatic rings. The summed E-state index contributed by atoms with van der Waals surface area (Å²) in [6, 6.07) is 16.7. The fourth-order valence-corrected chi connectivity index (χ4v) is 4.09. The van der Waals surface area contributed by atoms with Gasteiger partial charge in [0.2, 0.25) is 0 Å². The average Bonchev–Trinajstić information content (AvgIpc) is 2.63. The molecule has 0 aromatic heterocycles. The number of benzene rings is 2. The molecule has 0 radical (unpaired) electrons. The molecular formula is C20H22ClNO2S. The minimum absolute atomic E-state index is 0.101. The maximum Gasteiger partial charge on any atom is 0.306 e. The number of thioether (sulfide) groups is 1. The van der Waals surface area contributed by atoms with E-state index in [-0.39, 0.29) is 12.0 Å². The predicted octanol–water partition coefficient (Wildman–Crippen LogP) is 4.95. The van der Waals surface area contributed by atoms with E-state index in [1.54, 1.807) is 11.8 Å². The molecule has 25 heavy (non-hydrogen) atoms. The Labute approximate surface area is 158 Å². The van der Waals surface area contributed by atoms with E-state index in [1.807, 2.05) is 18.2 Å². The summed E-state index contributed by atoms with van der Waals surface area (Å²) < 4.78 is 0. The van der Waals surface area contributed by atoms with Crippen LogP contribution < -0.4 is 0 Å². The highest BCUT2D eigenvalue weighted by atomic mass is 35.5. The first-order chi connectivity index (χ1) is 12.1. The normalized spacial score (nSPS) is 17.4. The second kappa shape index (κ2) is 8.26. The zero-order valence-corrected chi connectivity index (χ0v) is 15.8. The summed E-state index contributed by atoms with van der Waals surface area (Å²) in [4.78, 5) is 14.9. The third kappa shape index (κ3) is 4.38. The molecule has 5 heteroatoms. The highest BCUT2D eigenvalue weighted by Gasteiger charge is 2.30. The SMILES string of the molecule is CSc1ccc(C(c2cccc(Cl)c2)N2CCC(C(=O)O)CC2)cc1. The predicted molar refractivity (Wildman–Crippen MR) is 103 cm³/mol. The van der Waals surface area contributed by atoms with Crippen molar-refractivity contribution in [3.05, 3.63) is 64.7 Å². The van der Waals surface area contributed by atoms with Crippen molar-refractivity contribution in [2.45, 2.75) is 23.8 Å². The smallest absolute Gasteiger partial charge is 0.306 e. The lowest BCUT2D eigenvalue weighted by atomic mass is 9.91. The van der Waals surface area contributed by atoms with Crippen molar-refractivity contribution < 1.29 is 9.90 Å². The van der Waals surface area contributed by atoms with Crippen LogP contribution in [0.2, 0.25) is 5.02 Å². The Morgan fingerprint density at radius 2 is 1.84 bits per heavy atom. The van der Waals surface area contributed by atoms with Gasteiger partial charge in [-0.1, -0.05) is 35.9 Å². The maximum absolute atomic E-state index is 11.2. The number of hydrogen-bond donors (Lipinski definition) is 1. The molecule has 1 aliphatic rings. The molecule has 2 aromatic carbocycles. The molecule has 1 unspecified atom stereocenters. The Hall–Kier alpha value is -1.49. The van der Waals surface area contributed by atoms with Crippen molar-refractivity contribution in [3.8, 4) is 0 Å². The summed E-state index contributed by atoms with van der Waals surface area (Å²) in [7, 11) is 0. The Morgan fingerprint density at radius 1 is 1.16 bits per heavy atom. The van der Waals surface area contributed by atoms with Crippen LogP contribution >= 0.6 is 23.4 Å². The zero-order valence-electron chi connectivity index (χ0n) is 14.2. The second-order valence-electron chi connectivity index (χ2n) is 6.38. The Bertz CT molecular complexity index is 727. The molecule has 1 fully saturated rings. The van der Waals surface area contributed by atoms with Gasteiger partial charge in [0.05, 0.1) is 12.0 Å². The number of rotatable bonds is 5. The molecule has 0 spiro atoms. The van der Waals surface area contributed by atoms with Gasteiger partial charge in [-0.3, -0.25) is 9.69 Å². The molecule has 3 rings (SSSR count). The highest BCUT2D eigenvalue weighted by molar-refractivity contribution is 7.98. The molecule has 0 saturated carbocycles. The fourth-order valence-electron chi connectivity index (χ4n) is 3.48. The van der Waals surface area contributed by atoms with Crippen molar-refractivity contribution >= 4 is 29.3 Å². The quantitative estimate of drug-likeness (QED) is 0.751. The summed E-state index contributed by atoms with van der Waals surface area (Å²) in [5, 5.41) is 9.98. The van der Waals surface area contributed by atoms with Crippen LogP contribution in [0.3, 0.4) is 0 Å². The second-order valence-corrected chi connectivity index (χ2v) is 7.70. The molecule has 0 aliphatic carbocycles. The molecule has 0 bridgehead atoms. The van der Waals surface area contributed by atoms with E-state index >= 15 is 0 Å². The third-order valence-electron chi connectivity index (χ3n) is 4.84. The maximum atomic E-state index is 11.2. The number of likely N-dealkylation sites (tertiary alicyclic amines) is 1. The zero-order chi connectivity index (χ0) is 17.8. The number of piperidine rings is 1. The number of hydrogen-bond acceptors (Lipinski definition) is 3. The molecule has 1 saturated heterocycles. The van der Waals surface area contributed by atoms with E-state index in [0.29, 0.717) is 12.8 Å². The Morgan fingerprint density at radius 3 is 2.40 bits per heavy atom. The van der Waals surface area contributed by atoms with E-state index in [4.69, 9.17) is 11.6 Å². The van der Waals surface area contributed by atoms with Gasteiger partial charge in [0.25, 0.3) is 0 Å². The first-order valence-corrected chi connectivity index (χ1v) is 10.0. The summed E-state index contributed by atoms with van der Waals surface area (Å²) in [5.41, 5.74) is 2.37. The third-order valence-corrected chi connectivity index (χ3v) is 5.82. The van der Waals surface area contributed by atoms with Gasteiger partial charge in [0.15, 0.2) is 0 Å². The van der Waals surface area contributed by atoms with Gasteiger partial charge in [0, 0.05) is 9.92 Å². The van der Waals surface area contributed by atoms with Crippen LogP contribution in [0.15, 0.2) is 53.4 Å². The van der Waals surface area contributed by atoms with E-state index < -0.39 is 5.97 Å². The number of carboxylic acid groups (broad SMARTS) is 1. The highest BCUT2D eigenvalue weighted by Crippen LogP contribution is 2.34. The van der Waals surface area contributed by atoms with Gasteiger partial charge in [-0.2, -0.15) is 0 Å². The Balaban J connectivity index is 1.90. The van der Waals surface area contributed by atoms with Crippen LogP contribution in [0.25, 0.3) is 0 Å². The lowest BCUT2D eigenvalue weighted by Gasteiger charge is -2.37. The molecule has 1 N–H and O–H groups in total. The fraction of sp³-hybridized carbons (Fsp3) is 0.350. The summed E-state index contributed by atoms with van der Waals surface area (Å²) in [6.45, 7) is 1.55. The monoisotopic (exact) mass is 375 g/mol. The van der Waals surface area contributed by atoms with Crippen LogP contribution in [0.4, 0.5) is 0 Å². The van der Waals surface area contributed by atoms with Crippen LogP contribution in [-0.2, 0) is 4.79 Å². The van der Waals surface area contributed by atoms with Gasteiger partial charge < -0.3 is 5.11 Å². The molecule has 1 atom stereocenters. The van der Waals surface area contributed by atoms with Crippen molar-refractivity contribution in [1.82, 2.24) is 4.90 Å². The van der Waals surface area contributed by atoms with Crippen LogP contribution in [0.5, 0.6) is 0 Å². The van der Waals surface area contributed by atoms with Crippen molar-refractivity contribution in [3.63, 3.8) is 0 Å². The molecule has 132 valence electrons. The van der Waals surface area contributed by atoms with Crippen molar-refractivity contribution in [2.75, 3.05) is 19.3 Å². The molecule has 3 nitrogen and oxygen atoms in total.